The Morgan fingerprint density at radius 3 is 2.71 bits per heavy atom. The quantitative estimate of drug-likeness (QED) is 0.417. The first-order valence-electron chi connectivity index (χ1n) is 11.1. The number of carbonyl (C=O) groups excluding carboxylic acids is 1. The predicted molar refractivity (Wildman–Crippen MR) is 141 cm³/mol. The summed E-state index contributed by atoms with van der Waals surface area (Å²) in [5, 5.41) is 16.8. The van der Waals surface area contributed by atoms with E-state index in [0.717, 1.165) is 22.0 Å². The largest absolute Gasteiger partial charge is 0.342 e. The van der Waals surface area contributed by atoms with Gasteiger partial charge in [-0.05, 0) is 54.1 Å². The van der Waals surface area contributed by atoms with E-state index in [4.69, 9.17) is 5.41 Å². The van der Waals surface area contributed by atoms with Crippen molar-refractivity contribution >= 4 is 50.7 Å². The number of aliphatic imine (C=N–C) groups is 1. The van der Waals surface area contributed by atoms with Crippen LogP contribution in [-0.2, 0) is 11.3 Å². The van der Waals surface area contributed by atoms with E-state index in [1.807, 2.05) is 48.7 Å². The van der Waals surface area contributed by atoms with Crippen molar-refractivity contribution in [1.82, 2.24) is 14.6 Å². The van der Waals surface area contributed by atoms with E-state index in [2.05, 4.69) is 44.8 Å². The van der Waals surface area contributed by atoms with Crippen LogP contribution in [0.15, 0.2) is 94.9 Å². The number of hydrogen-bond acceptors (Lipinski definition) is 5. The Bertz CT molecular complexity index is 1600. The van der Waals surface area contributed by atoms with Crippen LogP contribution in [0.1, 0.15) is 22.3 Å². The molecule has 0 atom stereocenters. The van der Waals surface area contributed by atoms with Gasteiger partial charge < -0.3 is 4.57 Å². The number of amidine groups is 2. The third kappa shape index (κ3) is 3.77. The number of hydrazone groups is 1. The maximum atomic E-state index is 13.0. The molecule has 7 nitrogen and oxygen atoms in total. The minimum Gasteiger partial charge on any atom is -0.342 e. The second-order valence-corrected chi connectivity index (χ2v) is 9.28. The zero-order chi connectivity index (χ0) is 23.9. The van der Waals surface area contributed by atoms with Crippen molar-refractivity contribution in [2.45, 2.75) is 13.5 Å². The van der Waals surface area contributed by atoms with Crippen LogP contribution in [0.3, 0.4) is 0 Å². The number of benzene rings is 2. The van der Waals surface area contributed by atoms with Crippen LogP contribution in [0.5, 0.6) is 0 Å². The molecule has 6 rings (SSSR count). The molecule has 0 bridgehead atoms. The third-order valence-electron chi connectivity index (χ3n) is 6.08. The lowest BCUT2D eigenvalue weighted by Gasteiger charge is -2.20. The smallest absolute Gasteiger partial charge is 0.283 e. The Balaban J connectivity index is 1.39. The monoisotopic (exact) mass is 476 g/mol. The van der Waals surface area contributed by atoms with Crippen molar-refractivity contribution in [2.75, 3.05) is 0 Å². The fourth-order valence-electron chi connectivity index (χ4n) is 4.25. The molecule has 0 radical (unpaired) electrons. The highest BCUT2D eigenvalue weighted by atomic mass is 32.2. The highest BCUT2D eigenvalue weighted by molar-refractivity contribution is 8.27. The van der Waals surface area contributed by atoms with Crippen molar-refractivity contribution in [3.63, 3.8) is 0 Å². The van der Waals surface area contributed by atoms with Crippen molar-refractivity contribution < 1.29 is 4.79 Å². The van der Waals surface area contributed by atoms with Gasteiger partial charge in [-0.3, -0.25) is 15.2 Å². The van der Waals surface area contributed by atoms with Crippen LogP contribution in [0.4, 0.5) is 0 Å². The lowest BCUT2D eigenvalue weighted by Crippen LogP contribution is -2.35. The van der Waals surface area contributed by atoms with E-state index in [0.29, 0.717) is 16.8 Å². The molecule has 4 heterocycles. The molecule has 0 saturated heterocycles. The molecule has 35 heavy (non-hydrogen) atoms. The number of aryl methyl sites for hydroxylation is 1. The molecule has 2 aliphatic heterocycles. The van der Waals surface area contributed by atoms with Crippen LogP contribution in [0.25, 0.3) is 17.0 Å². The molecule has 2 aromatic heterocycles. The summed E-state index contributed by atoms with van der Waals surface area (Å²) in [6.07, 6.45) is 7.18. The standard InChI is InChI=1S/C27H20N6OS/c1-17-7-2-3-8-19(17)15-32-16-20(21-10-4-5-11-23(21)32)13-22-24(28)33-27(30-25(22)34)35-26(31-33)18-9-6-12-29-14-18/h2-14,16,28H,15H2,1H3. The maximum absolute atomic E-state index is 13.0. The molecule has 170 valence electrons. The second kappa shape index (κ2) is 8.48. The number of pyridine rings is 1. The molecule has 0 aliphatic carbocycles. The first kappa shape index (κ1) is 21.2. The number of para-hydroxylation sites is 1. The number of hydrogen-bond donors (Lipinski definition) is 1. The van der Waals surface area contributed by atoms with Crippen molar-refractivity contribution in [2.24, 2.45) is 10.1 Å². The molecule has 1 N–H and O–H groups in total. The molecule has 2 aromatic carbocycles. The van der Waals surface area contributed by atoms with Gasteiger partial charge in [0.05, 0.1) is 5.57 Å². The van der Waals surface area contributed by atoms with Gasteiger partial charge in [0, 0.05) is 47.2 Å². The Labute approximate surface area is 206 Å². The molecule has 0 fully saturated rings. The normalized spacial score (nSPS) is 16.6. The highest BCUT2D eigenvalue weighted by Gasteiger charge is 2.36. The fraction of sp³-hybridized carbons (Fsp3) is 0.0741. The number of nitrogens with zero attached hydrogens (tertiary/aromatic N) is 5. The van der Waals surface area contributed by atoms with Gasteiger partial charge in [-0.2, -0.15) is 15.1 Å². The Morgan fingerprint density at radius 2 is 1.89 bits per heavy atom. The van der Waals surface area contributed by atoms with Gasteiger partial charge in [-0.15, -0.1) is 0 Å². The minimum atomic E-state index is -0.438. The summed E-state index contributed by atoms with van der Waals surface area (Å²) >= 11 is 1.27. The van der Waals surface area contributed by atoms with Crippen LogP contribution >= 0.6 is 11.8 Å². The summed E-state index contributed by atoms with van der Waals surface area (Å²) in [7, 11) is 0. The summed E-state index contributed by atoms with van der Waals surface area (Å²) in [6.45, 7) is 2.82. The molecule has 0 spiro atoms. The van der Waals surface area contributed by atoms with Crippen LogP contribution < -0.4 is 0 Å². The second-order valence-electron chi connectivity index (χ2n) is 8.32. The molecule has 2 aliphatic rings. The van der Waals surface area contributed by atoms with E-state index in [-0.39, 0.29) is 11.4 Å². The maximum Gasteiger partial charge on any atom is 0.283 e. The summed E-state index contributed by atoms with van der Waals surface area (Å²) in [5.74, 6) is -0.422. The van der Waals surface area contributed by atoms with Crippen LogP contribution in [0, 0.1) is 12.3 Å². The number of thioether (sulfide) groups is 1. The van der Waals surface area contributed by atoms with E-state index < -0.39 is 5.91 Å². The summed E-state index contributed by atoms with van der Waals surface area (Å²) in [4.78, 5) is 21.3. The number of fused-ring (bicyclic) bond motifs is 2. The van der Waals surface area contributed by atoms with Crippen LogP contribution in [-0.4, -0.2) is 36.5 Å². The lowest BCUT2D eigenvalue weighted by atomic mass is 10.1. The van der Waals surface area contributed by atoms with Gasteiger partial charge in [-0.1, -0.05) is 42.5 Å². The molecular formula is C27H20N6OS. The van der Waals surface area contributed by atoms with Gasteiger partial charge >= 0.3 is 0 Å². The lowest BCUT2D eigenvalue weighted by molar-refractivity contribution is -0.114. The average Bonchev–Trinajstić information content (AvgIpc) is 3.46. The summed E-state index contributed by atoms with van der Waals surface area (Å²) in [6, 6.07) is 20.1. The highest BCUT2D eigenvalue weighted by Crippen LogP contribution is 2.32. The number of nitrogens with one attached hydrogen (secondary N) is 1. The minimum absolute atomic E-state index is 0.0159. The van der Waals surface area contributed by atoms with Gasteiger partial charge in [0.2, 0.25) is 5.17 Å². The SMILES string of the molecule is Cc1ccccc1Cn1cc(C=C2C(=N)N3N=C(c4cccnc4)SC3=NC2=O)c2ccccc21. The van der Waals surface area contributed by atoms with Gasteiger partial charge in [-0.25, -0.2) is 0 Å². The third-order valence-corrected chi connectivity index (χ3v) is 7.04. The van der Waals surface area contributed by atoms with Crippen molar-refractivity contribution in [1.29, 1.82) is 5.41 Å². The molecular weight excluding hydrogens is 456 g/mol. The molecule has 4 aromatic rings. The average molecular weight is 477 g/mol. The molecule has 1 amide bonds. The van der Waals surface area contributed by atoms with Crippen molar-refractivity contribution in [3.05, 3.63) is 107 Å². The first-order valence-corrected chi connectivity index (χ1v) is 11.9. The van der Waals surface area contributed by atoms with Crippen molar-refractivity contribution in [3.8, 4) is 0 Å². The Hall–Kier alpha value is -4.30. The summed E-state index contributed by atoms with van der Waals surface area (Å²) < 4.78 is 2.18. The molecule has 8 heteroatoms. The zero-order valence-corrected chi connectivity index (χ0v) is 19.7. The fourth-order valence-corrected chi connectivity index (χ4v) is 5.13. The van der Waals surface area contributed by atoms with Crippen LogP contribution in [0.2, 0.25) is 0 Å². The van der Waals surface area contributed by atoms with Gasteiger partial charge in [0.1, 0.15) is 5.04 Å². The first-order chi connectivity index (χ1) is 17.1. The number of amides is 1. The van der Waals surface area contributed by atoms with E-state index in [1.54, 1.807) is 18.5 Å². The van der Waals surface area contributed by atoms with E-state index in [1.165, 1.54) is 27.9 Å². The van der Waals surface area contributed by atoms with E-state index in [9.17, 15) is 4.79 Å². The molecule has 0 saturated carbocycles. The zero-order valence-electron chi connectivity index (χ0n) is 18.8. The molecule has 0 unspecified atom stereocenters. The number of rotatable bonds is 4. The van der Waals surface area contributed by atoms with E-state index >= 15 is 0 Å². The van der Waals surface area contributed by atoms with Gasteiger partial charge in [0.25, 0.3) is 5.91 Å². The van der Waals surface area contributed by atoms with Gasteiger partial charge in [0.15, 0.2) is 5.84 Å². The topological polar surface area (TPSA) is 86.7 Å². The predicted octanol–water partition coefficient (Wildman–Crippen LogP) is 5.06. The summed E-state index contributed by atoms with van der Waals surface area (Å²) in [5.41, 5.74) is 5.42. The Morgan fingerprint density at radius 1 is 1.06 bits per heavy atom. The number of aromatic nitrogens is 2. The Kier molecular flexibility index (Phi) is 5.15. The number of carbonyl (C=O) groups is 1.